The van der Waals surface area contributed by atoms with Crippen LogP contribution in [0.4, 0.5) is 0 Å². The SMILES string of the molecule is CC(C)(C)c1nc(C2CN3CCCC3CO2)nc(Cl)c1Br. The smallest absolute Gasteiger partial charge is 0.160 e. The highest BCUT2D eigenvalue weighted by molar-refractivity contribution is 9.10. The highest BCUT2D eigenvalue weighted by Gasteiger charge is 2.35. The Kier molecular flexibility index (Phi) is 4.30. The number of hydrogen-bond donors (Lipinski definition) is 0. The van der Waals surface area contributed by atoms with Crippen LogP contribution in [0, 0.1) is 0 Å². The summed E-state index contributed by atoms with van der Waals surface area (Å²) in [6.45, 7) is 9.16. The maximum atomic E-state index is 6.29. The second-order valence-corrected chi connectivity index (χ2v) is 8.05. The molecule has 2 unspecified atom stereocenters. The maximum absolute atomic E-state index is 6.29. The number of ether oxygens (including phenoxy) is 1. The van der Waals surface area contributed by atoms with Crippen molar-refractivity contribution in [2.45, 2.75) is 51.2 Å². The Morgan fingerprint density at radius 3 is 2.81 bits per heavy atom. The fraction of sp³-hybridized carbons (Fsp3) is 0.733. The summed E-state index contributed by atoms with van der Waals surface area (Å²) >= 11 is 9.80. The van der Waals surface area contributed by atoms with Crippen LogP contribution >= 0.6 is 27.5 Å². The van der Waals surface area contributed by atoms with Gasteiger partial charge in [0.2, 0.25) is 0 Å². The van der Waals surface area contributed by atoms with Crippen LogP contribution in [0.15, 0.2) is 4.47 Å². The molecule has 0 saturated carbocycles. The lowest BCUT2D eigenvalue weighted by Crippen LogP contribution is -2.43. The first kappa shape index (κ1) is 15.7. The van der Waals surface area contributed by atoms with Gasteiger partial charge in [-0.15, -0.1) is 0 Å². The largest absolute Gasteiger partial charge is 0.367 e. The van der Waals surface area contributed by atoms with E-state index in [-0.39, 0.29) is 11.5 Å². The number of aromatic nitrogens is 2. The molecular weight excluding hydrogens is 354 g/mol. The summed E-state index contributed by atoms with van der Waals surface area (Å²) in [6, 6.07) is 0.578. The molecule has 3 rings (SSSR count). The molecule has 0 amide bonds. The lowest BCUT2D eigenvalue weighted by molar-refractivity contribution is -0.0542. The van der Waals surface area contributed by atoms with Crippen molar-refractivity contribution in [2.24, 2.45) is 0 Å². The number of rotatable bonds is 1. The molecule has 2 fully saturated rings. The molecule has 2 atom stereocenters. The minimum atomic E-state index is -0.0923. The van der Waals surface area contributed by atoms with E-state index in [1.807, 2.05) is 0 Å². The highest BCUT2D eigenvalue weighted by atomic mass is 79.9. The quantitative estimate of drug-likeness (QED) is 0.702. The van der Waals surface area contributed by atoms with E-state index in [4.69, 9.17) is 21.3 Å². The van der Waals surface area contributed by atoms with Crippen molar-refractivity contribution in [3.63, 3.8) is 0 Å². The minimum absolute atomic E-state index is 0.0777. The van der Waals surface area contributed by atoms with Gasteiger partial charge in [0.05, 0.1) is 16.8 Å². The molecule has 1 aromatic rings. The normalized spacial score (nSPS) is 26.9. The number of nitrogens with zero attached hydrogens (tertiary/aromatic N) is 3. The van der Waals surface area contributed by atoms with Crippen molar-refractivity contribution in [2.75, 3.05) is 19.7 Å². The lowest BCUT2D eigenvalue weighted by Gasteiger charge is -2.34. The van der Waals surface area contributed by atoms with Gasteiger partial charge in [0, 0.05) is 18.0 Å². The molecule has 3 heterocycles. The molecule has 6 heteroatoms. The Morgan fingerprint density at radius 2 is 2.10 bits per heavy atom. The first-order valence-electron chi connectivity index (χ1n) is 7.45. The zero-order chi connectivity index (χ0) is 15.2. The minimum Gasteiger partial charge on any atom is -0.367 e. The van der Waals surface area contributed by atoms with Gasteiger partial charge >= 0.3 is 0 Å². The van der Waals surface area contributed by atoms with Gasteiger partial charge in [-0.3, -0.25) is 4.90 Å². The number of fused-ring (bicyclic) bond motifs is 1. The van der Waals surface area contributed by atoms with Crippen LogP contribution in [0.25, 0.3) is 0 Å². The molecule has 0 radical (unpaired) electrons. The van der Waals surface area contributed by atoms with Gasteiger partial charge in [-0.05, 0) is 35.3 Å². The van der Waals surface area contributed by atoms with Gasteiger partial charge in [-0.1, -0.05) is 32.4 Å². The third kappa shape index (κ3) is 3.11. The van der Waals surface area contributed by atoms with E-state index in [0.29, 0.717) is 17.0 Å². The Morgan fingerprint density at radius 1 is 1.33 bits per heavy atom. The molecule has 2 saturated heterocycles. The molecule has 2 aliphatic heterocycles. The van der Waals surface area contributed by atoms with E-state index < -0.39 is 0 Å². The van der Waals surface area contributed by atoms with E-state index >= 15 is 0 Å². The number of halogens is 2. The van der Waals surface area contributed by atoms with E-state index in [1.54, 1.807) is 0 Å². The van der Waals surface area contributed by atoms with Crippen LogP contribution in [0.2, 0.25) is 5.15 Å². The number of morpholine rings is 1. The second kappa shape index (κ2) is 5.76. The molecule has 0 N–H and O–H groups in total. The van der Waals surface area contributed by atoms with Crippen LogP contribution < -0.4 is 0 Å². The van der Waals surface area contributed by atoms with E-state index in [0.717, 1.165) is 29.9 Å². The predicted octanol–water partition coefficient (Wildman–Crippen LogP) is 3.73. The van der Waals surface area contributed by atoms with E-state index in [9.17, 15) is 0 Å². The highest BCUT2D eigenvalue weighted by Crippen LogP contribution is 2.35. The summed E-state index contributed by atoms with van der Waals surface area (Å²) in [5.74, 6) is 0.707. The van der Waals surface area contributed by atoms with Crippen LogP contribution in [0.1, 0.15) is 51.2 Å². The molecule has 2 aliphatic rings. The lowest BCUT2D eigenvalue weighted by atomic mass is 9.92. The Hall–Kier alpha value is -0.230. The molecule has 0 aromatic carbocycles. The van der Waals surface area contributed by atoms with Crippen molar-refractivity contribution in [1.29, 1.82) is 0 Å². The first-order valence-corrected chi connectivity index (χ1v) is 8.62. The Balaban J connectivity index is 1.90. The zero-order valence-electron chi connectivity index (χ0n) is 12.7. The third-order valence-corrected chi connectivity index (χ3v) is 5.47. The zero-order valence-corrected chi connectivity index (χ0v) is 15.0. The van der Waals surface area contributed by atoms with Gasteiger partial charge in [0.15, 0.2) is 5.82 Å². The Labute approximate surface area is 139 Å². The van der Waals surface area contributed by atoms with Gasteiger partial charge in [-0.2, -0.15) is 0 Å². The van der Waals surface area contributed by atoms with Crippen molar-refractivity contribution >= 4 is 27.5 Å². The summed E-state index contributed by atoms with van der Waals surface area (Å²) in [5, 5.41) is 0.470. The topological polar surface area (TPSA) is 38.2 Å². The molecule has 21 heavy (non-hydrogen) atoms. The molecule has 0 spiro atoms. The van der Waals surface area contributed by atoms with Gasteiger partial charge in [0.1, 0.15) is 11.3 Å². The fourth-order valence-electron chi connectivity index (χ4n) is 3.05. The third-order valence-electron chi connectivity index (χ3n) is 4.22. The predicted molar refractivity (Wildman–Crippen MR) is 86.7 cm³/mol. The summed E-state index contributed by atoms with van der Waals surface area (Å²) in [6.07, 6.45) is 2.42. The molecule has 4 nitrogen and oxygen atoms in total. The van der Waals surface area contributed by atoms with Crippen molar-refractivity contribution in [3.8, 4) is 0 Å². The van der Waals surface area contributed by atoms with Crippen molar-refractivity contribution in [1.82, 2.24) is 14.9 Å². The fourth-order valence-corrected chi connectivity index (χ4v) is 4.00. The average molecular weight is 375 g/mol. The standard InChI is InChI=1S/C15H21BrClN3O/c1-15(2,3)12-11(16)13(17)19-14(18-12)10-7-20-6-4-5-9(20)8-21-10/h9-10H,4-8H2,1-3H3. The maximum Gasteiger partial charge on any atom is 0.160 e. The van der Waals surface area contributed by atoms with Crippen molar-refractivity contribution < 1.29 is 4.74 Å². The van der Waals surface area contributed by atoms with Crippen LogP contribution in [0.3, 0.4) is 0 Å². The van der Waals surface area contributed by atoms with Crippen molar-refractivity contribution in [3.05, 3.63) is 21.1 Å². The number of hydrogen-bond acceptors (Lipinski definition) is 4. The van der Waals surface area contributed by atoms with Crippen LogP contribution in [0.5, 0.6) is 0 Å². The summed E-state index contributed by atoms with van der Waals surface area (Å²) in [5.41, 5.74) is 0.843. The van der Waals surface area contributed by atoms with Gasteiger partial charge in [0.25, 0.3) is 0 Å². The molecule has 116 valence electrons. The molecule has 0 aliphatic carbocycles. The van der Waals surface area contributed by atoms with Gasteiger partial charge in [-0.25, -0.2) is 9.97 Å². The Bertz CT molecular complexity index is 546. The van der Waals surface area contributed by atoms with Crippen LogP contribution in [-0.4, -0.2) is 40.6 Å². The molecule has 1 aromatic heterocycles. The van der Waals surface area contributed by atoms with Crippen LogP contribution in [-0.2, 0) is 10.2 Å². The van der Waals surface area contributed by atoms with E-state index in [1.165, 1.54) is 12.8 Å². The summed E-state index contributed by atoms with van der Waals surface area (Å²) in [4.78, 5) is 11.7. The molecular formula is C15H21BrClN3O. The second-order valence-electron chi connectivity index (χ2n) is 6.90. The average Bonchev–Trinajstić information content (AvgIpc) is 2.87. The summed E-state index contributed by atoms with van der Waals surface area (Å²) < 4.78 is 6.79. The van der Waals surface area contributed by atoms with E-state index in [2.05, 4.69) is 46.6 Å². The molecule has 0 bridgehead atoms. The monoisotopic (exact) mass is 373 g/mol. The van der Waals surface area contributed by atoms with Gasteiger partial charge < -0.3 is 4.74 Å². The first-order chi connectivity index (χ1) is 9.86. The summed E-state index contributed by atoms with van der Waals surface area (Å²) in [7, 11) is 0.